The molecular weight excluding hydrogens is 190 g/mol. The summed E-state index contributed by atoms with van der Waals surface area (Å²) in [6.07, 6.45) is 2.14. The van der Waals surface area contributed by atoms with Crippen LogP contribution in [0.2, 0.25) is 0 Å². The van der Waals surface area contributed by atoms with Crippen molar-refractivity contribution in [2.24, 2.45) is 12.8 Å². The Labute approximate surface area is 87.7 Å². The largest absolute Gasteiger partial charge is 0.330 e. The van der Waals surface area contributed by atoms with Crippen LogP contribution in [0, 0.1) is 0 Å². The number of rotatable bonds is 3. The van der Waals surface area contributed by atoms with Gasteiger partial charge in [-0.2, -0.15) is 5.10 Å². The molecule has 4 heteroatoms. The molecule has 1 heterocycles. The monoisotopic (exact) mass is 203 g/mol. The molecule has 0 spiro atoms. The maximum atomic E-state index is 11.8. The number of para-hydroxylation sites is 1. The second-order valence-electron chi connectivity index (χ2n) is 3.47. The smallest absolute Gasteiger partial charge is 0.166 e. The average Bonchev–Trinajstić information content (AvgIpc) is 2.61. The van der Waals surface area contributed by atoms with Crippen LogP contribution in [0.25, 0.3) is 10.9 Å². The molecule has 2 N–H and O–H groups in total. The number of ketones is 1. The number of fused-ring (bicyclic) bond motifs is 1. The molecule has 0 saturated heterocycles. The number of carbonyl (C=O) groups is 1. The van der Waals surface area contributed by atoms with E-state index in [0.717, 1.165) is 10.9 Å². The van der Waals surface area contributed by atoms with Gasteiger partial charge in [0.15, 0.2) is 5.78 Å². The number of nitrogens with zero attached hydrogens (tertiary/aromatic N) is 2. The zero-order chi connectivity index (χ0) is 10.8. The second kappa shape index (κ2) is 3.82. The SMILES string of the molecule is Cn1ncc2cccc(C(=O)CCN)c21. The maximum Gasteiger partial charge on any atom is 0.166 e. The Balaban J connectivity index is 2.59. The minimum absolute atomic E-state index is 0.0756. The van der Waals surface area contributed by atoms with E-state index in [4.69, 9.17) is 5.73 Å². The summed E-state index contributed by atoms with van der Waals surface area (Å²) < 4.78 is 1.72. The summed E-state index contributed by atoms with van der Waals surface area (Å²) in [6.45, 7) is 0.382. The van der Waals surface area contributed by atoms with E-state index >= 15 is 0 Å². The van der Waals surface area contributed by atoms with E-state index in [1.54, 1.807) is 10.9 Å². The average molecular weight is 203 g/mol. The molecule has 0 bridgehead atoms. The van der Waals surface area contributed by atoms with E-state index in [1.165, 1.54) is 0 Å². The molecule has 15 heavy (non-hydrogen) atoms. The molecule has 2 aromatic rings. The Bertz CT molecular complexity index is 502. The first-order chi connectivity index (χ1) is 7.24. The summed E-state index contributed by atoms with van der Waals surface area (Å²) in [4.78, 5) is 11.8. The third-order valence-corrected chi connectivity index (χ3v) is 2.43. The molecule has 0 aliphatic carbocycles. The lowest BCUT2D eigenvalue weighted by atomic mass is 10.1. The van der Waals surface area contributed by atoms with Gasteiger partial charge in [-0.3, -0.25) is 9.48 Å². The predicted octanol–water partition coefficient (Wildman–Crippen LogP) is 1.10. The molecule has 1 aromatic carbocycles. The molecule has 4 nitrogen and oxygen atoms in total. The van der Waals surface area contributed by atoms with Gasteiger partial charge in [0.25, 0.3) is 0 Å². The van der Waals surface area contributed by atoms with E-state index in [9.17, 15) is 4.79 Å². The van der Waals surface area contributed by atoms with Crippen LogP contribution in [0.1, 0.15) is 16.8 Å². The number of carbonyl (C=O) groups excluding carboxylic acids is 1. The van der Waals surface area contributed by atoms with Crippen LogP contribution in [0.15, 0.2) is 24.4 Å². The Morgan fingerprint density at radius 3 is 3.07 bits per heavy atom. The number of aryl methyl sites for hydroxylation is 1. The molecule has 2 rings (SSSR count). The van der Waals surface area contributed by atoms with Gasteiger partial charge in [0.05, 0.1) is 11.7 Å². The van der Waals surface area contributed by atoms with Crippen molar-refractivity contribution in [1.29, 1.82) is 0 Å². The molecular formula is C11H13N3O. The molecule has 78 valence electrons. The lowest BCUT2D eigenvalue weighted by Crippen LogP contribution is -2.09. The van der Waals surface area contributed by atoms with Crippen LogP contribution in [0.5, 0.6) is 0 Å². The van der Waals surface area contributed by atoms with Gasteiger partial charge < -0.3 is 5.73 Å². The van der Waals surface area contributed by atoms with Crippen LogP contribution in [-0.4, -0.2) is 22.1 Å². The third kappa shape index (κ3) is 1.64. The highest BCUT2D eigenvalue weighted by atomic mass is 16.1. The van der Waals surface area contributed by atoms with Crippen molar-refractivity contribution in [3.8, 4) is 0 Å². The normalized spacial score (nSPS) is 10.8. The second-order valence-corrected chi connectivity index (χ2v) is 3.47. The Morgan fingerprint density at radius 2 is 2.33 bits per heavy atom. The van der Waals surface area contributed by atoms with E-state index in [0.29, 0.717) is 18.5 Å². The van der Waals surface area contributed by atoms with Crippen molar-refractivity contribution in [2.75, 3.05) is 6.54 Å². The minimum atomic E-state index is 0.0756. The van der Waals surface area contributed by atoms with Crippen molar-refractivity contribution >= 4 is 16.7 Å². The fourth-order valence-corrected chi connectivity index (χ4v) is 1.72. The highest BCUT2D eigenvalue weighted by Crippen LogP contribution is 2.18. The first-order valence-corrected chi connectivity index (χ1v) is 4.88. The number of hydrogen-bond donors (Lipinski definition) is 1. The summed E-state index contributed by atoms with van der Waals surface area (Å²) in [6, 6.07) is 5.64. The van der Waals surface area contributed by atoms with Crippen molar-refractivity contribution in [3.63, 3.8) is 0 Å². The van der Waals surface area contributed by atoms with Gasteiger partial charge in [0.1, 0.15) is 0 Å². The molecule has 0 unspecified atom stereocenters. The van der Waals surface area contributed by atoms with Crippen LogP contribution >= 0.6 is 0 Å². The van der Waals surface area contributed by atoms with Gasteiger partial charge in [-0.05, 0) is 12.6 Å². The maximum absolute atomic E-state index is 11.8. The van der Waals surface area contributed by atoms with E-state index in [2.05, 4.69) is 5.10 Å². The molecule has 0 saturated carbocycles. The first kappa shape index (κ1) is 9.86. The standard InChI is InChI=1S/C11H13N3O/c1-14-11-8(7-13-14)3-2-4-9(11)10(15)5-6-12/h2-4,7H,5-6,12H2,1H3. The summed E-state index contributed by atoms with van der Waals surface area (Å²) in [7, 11) is 1.83. The zero-order valence-electron chi connectivity index (χ0n) is 8.60. The van der Waals surface area contributed by atoms with Crippen molar-refractivity contribution in [1.82, 2.24) is 9.78 Å². The van der Waals surface area contributed by atoms with Crippen LogP contribution in [0.3, 0.4) is 0 Å². The Morgan fingerprint density at radius 1 is 1.53 bits per heavy atom. The van der Waals surface area contributed by atoms with Gasteiger partial charge in [0, 0.05) is 24.4 Å². The number of hydrogen-bond acceptors (Lipinski definition) is 3. The van der Waals surface area contributed by atoms with Crippen LogP contribution in [0.4, 0.5) is 0 Å². The van der Waals surface area contributed by atoms with Crippen molar-refractivity contribution in [3.05, 3.63) is 30.0 Å². The van der Waals surface area contributed by atoms with Crippen LogP contribution < -0.4 is 5.73 Å². The minimum Gasteiger partial charge on any atom is -0.330 e. The highest BCUT2D eigenvalue weighted by Gasteiger charge is 2.11. The summed E-state index contributed by atoms with van der Waals surface area (Å²) in [5.41, 5.74) is 6.97. The molecule has 0 radical (unpaired) electrons. The van der Waals surface area contributed by atoms with E-state index in [-0.39, 0.29) is 5.78 Å². The van der Waals surface area contributed by atoms with Crippen molar-refractivity contribution < 1.29 is 4.79 Å². The fraction of sp³-hybridized carbons (Fsp3) is 0.273. The predicted molar refractivity (Wildman–Crippen MR) is 58.7 cm³/mol. The van der Waals surface area contributed by atoms with E-state index < -0.39 is 0 Å². The summed E-state index contributed by atoms with van der Waals surface area (Å²) in [5, 5.41) is 5.12. The van der Waals surface area contributed by atoms with Crippen LogP contribution in [-0.2, 0) is 7.05 Å². The molecule has 0 aliphatic rings. The number of Topliss-reactive ketones (excluding diaryl/α,β-unsaturated/α-hetero) is 1. The van der Waals surface area contributed by atoms with E-state index in [1.807, 2.05) is 25.2 Å². The molecule has 1 aromatic heterocycles. The topological polar surface area (TPSA) is 60.9 Å². The third-order valence-electron chi connectivity index (χ3n) is 2.43. The van der Waals surface area contributed by atoms with Crippen molar-refractivity contribution in [2.45, 2.75) is 6.42 Å². The lowest BCUT2D eigenvalue weighted by Gasteiger charge is -2.03. The van der Waals surface area contributed by atoms with Gasteiger partial charge in [0.2, 0.25) is 0 Å². The Hall–Kier alpha value is -1.68. The lowest BCUT2D eigenvalue weighted by molar-refractivity contribution is 0.0986. The van der Waals surface area contributed by atoms with Gasteiger partial charge in [-0.1, -0.05) is 12.1 Å². The molecule has 0 atom stereocenters. The van der Waals surface area contributed by atoms with Gasteiger partial charge >= 0.3 is 0 Å². The zero-order valence-corrected chi connectivity index (χ0v) is 8.60. The highest BCUT2D eigenvalue weighted by molar-refractivity contribution is 6.06. The van der Waals surface area contributed by atoms with Gasteiger partial charge in [-0.15, -0.1) is 0 Å². The first-order valence-electron chi connectivity index (χ1n) is 4.88. The number of aromatic nitrogens is 2. The summed E-state index contributed by atoms with van der Waals surface area (Å²) in [5.74, 6) is 0.0756. The summed E-state index contributed by atoms with van der Waals surface area (Å²) >= 11 is 0. The fourth-order valence-electron chi connectivity index (χ4n) is 1.72. The quantitative estimate of drug-likeness (QED) is 0.760. The van der Waals surface area contributed by atoms with Gasteiger partial charge in [-0.25, -0.2) is 0 Å². The molecule has 0 aliphatic heterocycles. The molecule has 0 fully saturated rings. The number of nitrogens with two attached hydrogens (primary N) is 1. The Kier molecular flexibility index (Phi) is 2.51. The number of benzene rings is 1. The molecule has 0 amide bonds.